The van der Waals surface area contributed by atoms with Crippen molar-refractivity contribution in [3.8, 4) is 0 Å². The topological polar surface area (TPSA) is 58.6 Å². The summed E-state index contributed by atoms with van der Waals surface area (Å²) < 4.78 is 5.07. The van der Waals surface area contributed by atoms with Crippen LogP contribution in [0.2, 0.25) is 0 Å². The van der Waals surface area contributed by atoms with E-state index in [1.807, 2.05) is 6.92 Å². The third-order valence-electron chi connectivity index (χ3n) is 3.31. The molecule has 1 aliphatic rings. The number of esters is 1. The van der Waals surface area contributed by atoms with Gasteiger partial charge in [-0.05, 0) is 45.6 Å². The smallest absolute Gasteiger partial charge is 0.308 e. The molecule has 2 N–H and O–H groups in total. The predicted octanol–water partition coefficient (Wildman–Crippen LogP) is 1.47. The molecular weight excluding hydrogens is 218 g/mol. The van der Waals surface area contributed by atoms with Gasteiger partial charge in [-0.1, -0.05) is 6.42 Å². The van der Waals surface area contributed by atoms with Crippen LogP contribution in [-0.2, 0) is 9.53 Å². The molecule has 17 heavy (non-hydrogen) atoms. The first kappa shape index (κ1) is 14.5. The van der Waals surface area contributed by atoms with Crippen LogP contribution in [0, 0.1) is 5.92 Å². The van der Waals surface area contributed by atoms with Crippen molar-refractivity contribution in [2.75, 3.05) is 19.8 Å². The fourth-order valence-electron chi connectivity index (χ4n) is 2.39. The minimum atomic E-state index is -0.0330. The van der Waals surface area contributed by atoms with E-state index >= 15 is 0 Å². The monoisotopic (exact) mass is 243 g/mol. The number of nitrogens with one attached hydrogen (secondary N) is 1. The molecular formula is C13H25NO3. The highest BCUT2D eigenvalue weighted by molar-refractivity contribution is 5.72. The summed E-state index contributed by atoms with van der Waals surface area (Å²) in [7, 11) is 0. The van der Waals surface area contributed by atoms with Crippen LogP contribution in [0.1, 0.15) is 45.4 Å². The van der Waals surface area contributed by atoms with E-state index in [9.17, 15) is 4.79 Å². The second kappa shape index (κ2) is 8.48. The van der Waals surface area contributed by atoms with Gasteiger partial charge in [-0.2, -0.15) is 0 Å². The second-order valence-electron chi connectivity index (χ2n) is 4.70. The van der Waals surface area contributed by atoms with Crippen LogP contribution in [0.15, 0.2) is 0 Å². The third-order valence-corrected chi connectivity index (χ3v) is 3.31. The van der Waals surface area contributed by atoms with Crippen LogP contribution in [0.3, 0.4) is 0 Å². The van der Waals surface area contributed by atoms with Gasteiger partial charge < -0.3 is 15.2 Å². The van der Waals surface area contributed by atoms with E-state index in [0.717, 1.165) is 45.1 Å². The highest BCUT2D eigenvalue weighted by Gasteiger charge is 2.27. The number of aliphatic hydroxyl groups is 1. The molecule has 1 aliphatic carbocycles. The Labute approximate surface area is 104 Å². The van der Waals surface area contributed by atoms with Gasteiger partial charge in [0.15, 0.2) is 0 Å². The van der Waals surface area contributed by atoms with Crippen LogP contribution < -0.4 is 5.32 Å². The summed E-state index contributed by atoms with van der Waals surface area (Å²) in [5.74, 6) is 0.0494. The van der Waals surface area contributed by atoms with Crippen molar-refractivity contribution in [1.82, 2.24) is 5.32 Å². The van der Waals surface area contributed by atoms with E-state index in [2.05, 4.69) is 5.32 Å². The lowest BCUT2D eigenvalue weighted by atomic mass is 9.85. The maximum absolute atomic E-state index is 11.6. The van der Waals surface area contributed by atoms with Crippen molar-refractivity contribution in [1.29, 1.82) is 0 Å². The molecule has 0 saturated heterocycles. The van der Waals surface area contributed by atoms with E-state index in [1.165, 1.54) is 0 Å². The summed E-state index contributed by atoms with van der Waals surface area (Å²) in [6.07, 6.45) is 5.96. The molecule has 0 aliphatic heterocycles. The molecule has 2 unspecified atom stereocenters. The van der Waals surface area contributed by atoms with Crippen molar-refractivity contribution in [2.45, 2.75) is 51.5 Å². The van der Waals surface area contributed by atoms with Gasteiger partial charge in [0, 0.05) is 12.6 Å². The normalized spacial score (nSPS) is 24.6. The molecule has 4 nitrogen and oxygen atoms in total. The van der Waals surface area contributed by atoms with Gasteiger partial charge in [-0.25, -0.2) is 0 Å². The minimum Gasteiger partial charge on any atom is -0.466 e. The Hall–Kier alpha value is -0.610. The zero-order chi connectivity index (χ0) is 12.5. The van der Waals surface area contributed by atoms with Gasteiger partial charge in [-0.15, -0.1) is 0 Å². The second-order valence-corrected chi connectivity index (χ2v) is 4.70. The molecule has 0 heterocycles. The molecule has 1 fully saturated rings. The van der Waals surface area contributed by atoms with Crippen LogP contribution in [-0.4, -0.2) is 36.9 Å². The number of hydrogen-bond acceptors (Lipinski definition) is 4. The largest absolute Gasteiger partial charge is 0.466 e. The Bertz CT molecular complexity index is 221. The molecule has 0 radical (unpaired) electrons. The fraction of sp³-hybridized carbons (Fsp3) is 0.923. The average Bonchev–Trinajstić information content (AvgIpc) is 2.35. The summed E-state index contributed by atoms with van der Waals surface area (Å²) >= 11 is 0. The Kier molecular flexibility index (Phi) is 7.21. The quantitative estimate of drug-likeness (QED) is 0.525. The molecule has 1 rings (SSSR count). The van der Waals surface area contributed by atoms with Gasteiger partial charge in [0.05, 0.1) is 12.5 Å². The first-order chi connectivity index (χ1) is 8.27. The van der Waals surface area contributed by atoms with Gasteiger partial charge >= 0.3 is 5.97 Å². The summed E-state index contributed by atoms with van der Waals surface area (Å²) in [4.78, 5) is 11.6. The minimum absolute atomic E-state index is 0.0330. The zero-order valence-electron chi connectivity index (χ0n) is 10.8. The van der Waals surface area contributed by atoms with Crippen molar-refractivity contribution >= 4 is 5.97 Å². The summed E-state index contributed by atoms with van der Waals surface area (Å²) in [6.45, 7) is 3.52. The van der Waals surface area contributed by atoms with Crippen molar-refractivity contribution < 1.29 is 14.6 Å². The number of carbonyl (C=O) groups excluding carboxylic acids is 1. The molecule has 0 spiro atoms. The Morgan fingerprint density at radius 2 is 2.24 bits per heavy atom. The highest BCUT2D eigenvalue weighted by atomic mass is 16.5. The van der Waals surface area contributed by atoms with Crippen molar-refractivity contribution in [3.63, 3.8) is 0 Å². The number of rotatable bonds is 7. The number of hydrogen-bond donors (Lipinski definition) is 2. The molecule has 0 aromatic rings. The maximum atomic E-state index is 11.6. The lowest BCUT2D eigenvalue weighted by Gasteiger charge is -2.28. The lowest BCUT2D eigenvalue weighted by Crippen LogP contribution is -2.37. The fourth-order valence-corrected chi connectivity index (χ4v) is 2.39. The van der Waals surface area contributed by atoms with E-state index < -0.39 is 0 Å². The lowest BCUT2D eigenvalue weighted by molar-refractivity contribution is -0.149. The molecule has 2 atom stereocenters. The summed E-state index contributed by atoms with van der Waals surface area (Å²) in [6, 6.07) is 0.442. The van der Waals surface area contributed by atoms with Crippen LogP contribution >= 0.6 is 0 Å². The summed E-state index contributed by atoms with van der Waals surface area (Å²) in [5, 5.41) is 12.2. The van der Waals surface area contributed by atoms with E-state index in [-0.39, 0.29) is 18.5 Å². The molecule has 4 heteroatoms. The van der Waals surface area contributed by atoms with Gasteiger partial charge in [-0.3, -0.25) is 4.79 Å². The van der Waals surface area contributed by atoms with E-state index in [0.29, 0.717) is 12.6 Å². The van der Waals surface area contributed by atoms with E-state index in [1.54, 1.807) is 0 Å². The molecule has 100 valence electrons. The van der Waals surface area contributed by atoms with E-state index in [4.69, 9.17) is 9.84 Å². The Balaban J connectivity index is 2.21. The van der Waals surface area contributed by atoms with Crippen LogP contribution in [0.5, 0.6) is 0 Å². The number of aliphatic hydroxyl groups excluding tert-OH is 1. The Morgan fingerprint density at radius 3 is 2.94 bits per heavy atom. The molecule has 0 bridgehead atoms. The number of carbonyl (C=O) groups is 1. The van der Waals surface area contributed by atoms with Gasteiger partial charge in [0.25, 0.3) is 0 Å². The third kappa shape index (κ3) is 5.50. The first-order valence-corrected chi connectivity index (χ1v) is 6.78. The van der Waals surface area contributed by atoms with Crippen molar-refractivity contribution in [2.24, 2.45) is 5.92 Å². The van der Waals surface area contributed by atoms with Crippen molar-refractivity contribution in [3.05, 3.63) is 0 Å². The zero-order valence-corrected chi connectivity index (χ0v) is 10.8. The number of ether oxygens (including phenoxy) is 1. The van der Waals surface area contributed by atoms with Gasteiger partial charge in [0.1, 0.15) is 0 Å². The number of unbranched alkanes of at least 4 members (excludes halogenated alkanes) is 1. The molecule has 0 amide bonds. The summed E-state index contributed by atoms with van der Waals surface area (Å²) in [5.41, 5.74) is 0. The molecule has 0 aromatic carbocycles. The first-order valence-electron chi connectivity index (χ1n) is 6.78. The predicted molar refractivity (Wildman–Crippen MR) is 66.7 cm³/mol. The van der Waals surface area contributed by atoms with Crippen LogP contribution in [0.25, 0.3) is 0 Å². The Morgan fingerprint density at radius 1 is 1.41 bits per heavy atom. The SMILES string of the molecule is CCOC(=O)C1CCCC(NCCCCO)C1. The highest BCUT2D eigenvalue weighted by Crippen LogP contribution is 2.25. The molecule has 1 saturated carbocycles. The standard InChI is InChI=1S/C13H25NO3/c1-2-17-13(16)11-6-5-7-12(10-11)14-8-3-4-9-15/h11-12,14-15H,2-10H2,1H3. The maximum Gasteiger partial charge on any atom is 0.308 e. The molecule has 0 aromatic heterocycles. The van der Waals surface area contributed by atoms with Gasteiger partial charge in [0.2, 0.25) is 0 Å². The average molecular weight is 243 g/mol. The van der Waals surface area contributed by atoms with Crippen LogP contribution in [0.4, 0.5) is 0 Å².